The highest BCUT2D eigenvalue weighted by Gasteiger charge is 2.30. The van der Waals surface area contributed by atoms with E-state index in [1.807, 2.05) is 0 Å². The third kappa shape index (κ3) is 4.54. The molecule has 6 nitrogen and oxygen atoms in total. The second kappa shape index (κ2) is 7.12. The van der Waals surface area contributed by atoms with Crippen LogP contribution < -0.4 is 5.32 Å². The number of aliphatic carboxylic acids is 1. The normalized spacial score (nSPS) is 16.9. The van der Waals surface area contributed by atoms with E-state index in [1.54, 1.807) is 31.2 Å². The number of sulfone groups is 1. The molecule has 0 bridgehead atoms. The van der Waals surface area contributed by atoms with Gasteiger partial charge in [0.25, 0.3) is 0 Å². The highest BCUT2D eigenvalue weighted by atomic mass is 32.2. The van der Waals surface area contributed by atoms with E-state index in [2.05, 4.69) is 5.32 Å². The van der Waals surface area contributed by atoms with Gasteiger partial charge in [-0.1, -0.05) is 25.0 Å². The molecule has 23 heavy (non-hydrogen) atoms. The van der Waals surface area contributed by atoms with Crippen LogP contribution in [0, 0.1) is 0 Å². The first-order chi connectivity index (χ1) is 10.8. The number of carboxylic acids is 1. The van der Waals surface area contributed by atoms with Crippen LogP contribution in [-0.2, 0) is 19.4 Å². The van der Waals surface area contributed by atoms with Crippen molar-refractivity contribution >= 4 is 27.4 Å². The fourth-order valence-corrected chi connectivity index (χ4v) is 4.50. The second-order valence-electron chi connectivity index (χ2n) is 5.95. The SMILES string of the molecule is C[C@@H](C(=O)O)c1cccc(NC(=O)CS(=O)(=O)C2CCCC2)c1. The molecule has 1 fully saturated rings. The summed E-state index contributed by atoms with van der Waals surface area (Å²) in [5.41, 5.74) is 0.955. The van der Waals surface area contributed by atoms with Crippen molar-refractivity contribution < 1.29 is 23.1 Å². The Morgan fingerprint density at radius 3 is 2.57 bits per heavy atom. The number of nitrogens with one attached hydrogen (secondary N) is 1. The van der Waals surface area contributed by atoms with Gasteiger partial charge in [0.15, 0.2) is 9.84 Å². The van der Waals surface area contributed by atoms with Crippen molar-refractivity contribution in [2.24, 2.45) is 0 Å². The minimum Gasteiger partial charge on any atom is -0.481 e. The Hall–Kier alpha value is -1.89. The van der Waals surface area contributed by atoms with Gasteiger partial charge in [0, 0.05) is 5.69 Å². The van der Waals surface area contributed by atoms with Crippen molar-refractivity contribution in [2.75, 3.05) is 11.1 Å². The molecule has 0 saturated heterocycles. The van der Waals surface area contributed by atoms with Crippen LogP contribution in [0.15, 0.2) is 24.3 Å². The van der Waals surface area contributed by atoms with Gasteiger partial charge in [-0.25, -0.2) is 8.42 Å². The maximum Gasteiger partial charge on any atom is 0.310 e. The van der Waals surface area contributed by atoms with E-state index < -0.39 is 38.6 Å². The summed E-state index contributed by atoms with van der Waals surface area (Å²) in [6.45, 7) is 1.55. The zero-order chi connectivity index (χ0) is 17.0. The molecule has 7 heteroatoms. The van der Waals surface area contributed by atoms with Crippen LogP contribution in [0.1, 0.15) is 44.1 Å². The second-order valence-corrected chi connectivity index (χ2v) is 8.23. The third-order valence-corrected chi connectivity index (χ3v) is 6.33. The lowest BCUT2D eigenvalue weighted by Crippen LogP contribution is -2.29. The van der Waals surface area contributed by atoms with E-state index >= 15 is 0 Å². The van der Waals surface area contributed by atoms with E-state index in [-0.39, 0.29) is 0 Å². The first-order valence-corrected chi connectivity index (χ1v) is 9.35. The number of hydrogen-bond donors (Lipinski definition) is 2. The van der Waals surface area contributed by atoms with Crippen molar-refractivity contribution in [3.8, 4) is 0 Å². The van der Waals surface area contributed by atoms with Crippen molar-refractivity contribution in [1.29, 1.82) is 0 Å². The predicted octanol–water partition coefficient (Wildman–Crippen LogP) is 2.17. The quantitative estimate of drug-likeness (QED) is 0.827. The Morgan fingerprint density at radius 1 is 1.30 bits per heavy atom. The lowest BCUT2D eigenvalue weighted by Gasteiger charge is -2.12. The zero-order valence-corrected chi connectivity index (χ0v) is 13.8. The lowest BCUT2D eigenvalue weighted by molar-refractivity contribution is -0.138. The molecule has 1 aliphatic carbocycles. The van der Waals surface area contributed by atoms with Gasteiger partial charge in [0.1, 0.15) is 5.75 Å². The number of carboxylic acid groups (broad SMARTS) is 1. The maximum absolute atomic E-state index is 12.2. The van der Waals surface area contributed by atoms with Crippen LogP contribution in [0.4, 0.5) is 5.69 Å². The standard InChI is InChI=1S/C16H21NO5S/c1-11(16(19)20)12-5-4-6-13(9-12)17-15(18)10-23(21,22)14-7-2-3-8-14/h4-6,9,11,14H,2-3,7-8,10H2,1H3,(H,17,18)(H,19,20)/t11-/m1/s1. The van der Waals surface area contributed by atoms with Crippen LogP contribution in [-0.4, -0.2) is 36.4 Å². The Balaban J connectivity index is 2.03. The molecule has 1 atom stereocenters. The maximum atomic E-state index is 12.2. The molecule has 1 aromatic rings. The summed E-state index contributed by atoms with van der Waals surface area (Å²) < 4.78 is 24.3. The number of hydrogen-bond acceptors (Lipinski definition) is 4. The summed E-state index contributed by atoms with van der Waals surface area (Å²) >= 11 is 0. The molecule has 126 valence electrons. The molecular formula is C16H21NO5S. The first-order valence-electron chi connectivity index (χ1n) is 7.64. The van der Waals surface area contributed by atoms with E-state index in [1.165, 1.54) is 0 Å². The summed E-state index contributed by atoms with van der Waals surface area (Å²) in [7, 11) is -3.43. The number of carbonyl (C=O) groups excluding carboxylic acids is 1. The highest BCUT2D eigenvalue weighted by Crippen LogP contribution is 2.25. The minimum absolute atomic E-state index is 0.405. The summed E-state index contributed by atoms with van der Waals surface area (Å²) in [5.74, 6) is -2.78. The predicted molar refractivity (Wildman–Crippen MR) is 87.2 cm³/mol. The molecule has 0 heterocycles. The van der Waals surface area contributed by atoms with Gasteiger partial charge < -0.3 is 10.4 Å². The van der Waals surface area contributed by atoms with Gasteiger partial charge in [-0.15, -0.1) is 0 Å². The number of rotatable bonds is 6. The molecule has 0 aromatic heterocycles. The fourth-order valence-electron chi connectivity index (χ4n) is 2.77. The van der Waals surface area contributed by atoms with E-state index in [4.69, 9.17) is 5.11 Å². The summed E-state index contributed by atoms with van der Waals surface area (Å²) in [6, 6.07) is 6.45. The first kappa shape index (κ1) is 17.5. The van der Waals surface area contributed by atoms with E-state index in [0.29, 0.717) is 24.1 Å². The minimum atomic E-state index is -3.43. The van der Waals surface area contributed by atoms with Gasteiger partial charge in [0.2, 0.25) is 5.91 Å². The number of anilines is 1. The zero-order valence-electron chi connectivity index (χ0n) is 13.0. The van der Waals surface area contributed by atoms with Crippen LogP contribution >= 0.6 is 0 Å². The van der Waals surface area contributed by atoms with Crippen molar-refractivity contribution in [3.63, 3.8) is 0 Å². The summed E-state index contributed by atoms with van der Waals surface area (Å²) in [4.78, 5) is 23.0. The Labute approximate surface area is 135 Å². The van der Waals surface area contributed by atoms with Gasteiger partial charge in [0.05, 0.1) is 11.2 Å². The van der Waals surface area contributed by atoms with Gasteiger partial charge in [-0.2, -0.15) is 0 Å². The molecule has 1 saturated carbocycles. The Morgan fingerprint density at radius 2 is 1.96 bits per heavy atom. The Bertz CT molecular complexity index is 692. The average Bonchev–Trinajstić information content (AvgIpc) is 3.01. The number of carbonyl (C=O) groups is 2. The molecule has 0 unspecified atom stereocenters. The molecule has 1 amide bonds. The van der Waals surface area contributed by atoms with Gasteiger partial charge in [-0.05, 0) is 37.5 Å². The fraction of sp³-hybridized carbons (Fsp3) is 0.500. The third-order valence-electron chi connectivity index (χ3n) is 4.18. The smallest absolute Gasteiger partial charge is 0.310 e. The average molecular weight is 339 g/mol. The molecule has 2 rings (SSSR count). The molecule has 2 N–H and O–H groups in total. The molecule has 0 radical (unpaired) electrons. The van der Waals surface area contributed by atoms with Gasteiger partial charge >= 0.3 is 5.97 Å². The van der Waals surface area contributed by atoms with Crippen LogP contribution in [0.5, 0.6) is 0 Å². The van der Waals surface area contributed by atoms with E-state index in [9.17, 15) is 18.0 Å². The molecule has 1 aliphatic rings. The van der Waals surface area contributed by atoms with Crippen LogP contribution in [0.25, 0.3) is 0 Å². The largest absolute Gasteiger partial charge is 0.481 e. The number of benzene rings is 1. The number of amides is 1. The van der Waals surface area contributed by atoms with E-state index in [0.717, 1.165) is 12.8 Å². The molecule has 1 aromatic carbocycles. The highest BCUT2D eigenvalue weighted by molar-refractivity contribution is 7.92. The van der Waals surface area contributed by atoms with Crippen LogP contribution in [0.2, 0.25) is 0 Å². The lowest BCUT2D eigenvalue weighted by atomic mass is 10.0. The topological polar surface area (TPSA) is 101 Å². The summed E-state index contributed by atoms with van der Waals surface area (Å²) in [5, 5.41) is 11.1. The summed E-state index contributed by atoms with van der Waals surface area (Å²) in [6.07, 6.45) is 3.03. The molecule has 0 aliphatic heterocycles. The monoisotopic (exact) mass is 339 g/mol. The Kier molecular flexibility index (Phi) is 5.41. The van der Waals surface area contributed by atoms with Gasteiger partial charge in [-0.3, -0.25) is 9.59 Å². The van der Waals surface area contributed by atoms with Crippen molar-refractivity contribution in [3.05, 3.63) is 29.8 Å². The molecular weight excluding hydrogens is 318 g/mol. The van der Waals surface area contributed by atoms with Crippen LogP contribution in [0.3, 0.4) is 0 Å². The molecule has 0 spiro atoms. The van der Waals surface area contributed by atoms with Crippen molar-refractivity contribution in [1.82, 2.24) is 0 Å². The van der Waals surface area contributed by atoms with Crippen molar-refractivity contribution in [2.45, 2.75) is 43.8 Å².